The molecule has 0 bridgehead atoms. The Balaban J connectivity index is 1.43. The van der Waals surface area contributed by atoms with Gasteiger partial charge >= 0.3 is 0 Å². The second-order valence-electron chi connectivity index (χ2n) is 8.22. The number of fused-ring (bicyclic) bond motifs is 1. The molecule has 5 rings (SSSR count). The fraction of sp³-hybridized carbons (Fsp3) is 0.103. The van der Waals surface area contributed by atoms with Crippen molar-refractivity contribution in [3.8, 4) is 22.4 Å². The van der Waals surface area contributed by atoms with Gasteiger partial charge in [0.2, 0.25) is 0 Å². The van der Waals surface area contributed by atoms with Crippen LogP contribution in [0.2, 0.25) is 0 Å². The number of nitrogens with two attached hydrogens (primary N) is 1. The molecule has 0 saturated carbocycles. The number of pyridine rings is 2. The first kappa shape index (κ1) is 20.9. The molecule has 0 saturated heterocycles. The van der Waals surface area contributed by atoms with E-state index in [0.29, 0.717) is 6.54 Å². The van der Waals surface area contributed by atoms with Crippen molar-refractivity contribution in [3.63, 3.8) is 0 Å². The number of anilines is 1. The predicted octanol–water partition coefficient (Wildman–Crippen LogP) is 5.95. The van der Waals surface area contributed by atoms with E-state index in [1.54, 1.807) is 12.4 Å². The van der Waals surface area contributed by atoms with Gasteiger partial charge in [-0.1, -0.05) is 66.7 Å². The number of hydrogen-bond donors (Lipinski definition) is 2. The molecule has 3 N–H and O–H groups in total. The molecule has 4 heteroatoms. The quantitative estimate of drug-likeness (QED) is 0.335. The van der Waals surface area contributed by atoms with Crippen LogP contribution in [0.15, 0.2) is 109 Å². The lowest BCUT2D eigenvalue weighted by molar-refractivity contribution is 0.698. The SMILES string of the molecule is NC(CNc1ccc(-c2ccc3ccccc3c2)c(-c2ccncc2)n1)Cc1ccccc1. The van der Waals surface area contributed by atoms with E-state index in [2.05, 4.69) is 71.0 Å². The minimum absolute atomic E-state index is 0.00117. The maximum Gasteiger partial charge on any atom is 0.126 e. The Morgan fingerprint density at radius 3 is 2.30 bits per heavy atom. The number of aromatic nitrogens is 2. The van der Waals surface area contributed by atoms with Crippen molar-refractivity contribution in [2.24, 2.45) is 5.73 Å². The molecule has 0 aliphatic heterocycles. The van der Waals surface area contributed by atoms with E-state index in [0.717, 1.165) is 34.6 Å². The Kier molecular flexibility index (Phi) is 6.09. The van der Waals surface area contributed by atoms with Gasteiger partial charge < -0.3 is 11.1 Å². The molecule has 0 fully saturated rings. The second kappa shape index (κ2) is 9.63. The van der Waals surface area contributed by atoms with Crippen molar-refractivity contribution in [2.45, 2.75) is 12.5 Å². The summed E-state index contributed by atoms with van der Waals surface area (Å²) in [6.45, 7) is 0.646. The zero-order valence-corrected chi connectivity index (χ0v) is 18.4. The predicted molar refractivity (Wildman–Crippen MR) is 137 cm³/mol. The van der Waals surface area contributed by atoms with Gasteiger partial charge in [-0.3, -0.25) is 4.98 Å². The molecule has 0 radical (unpaired) electrons. The van der Waals surface area contributed by atoms with E-state index in [9.17, 15) is 0 Å². The molecule has 5 aromatic rings. The third kappa shape index (κ3) is 4.92. The highest BCUT2D eigenvalue weighted by atomic mass is 15.0. The van der Waals surface area contributed by atoms with Gasteiger partial charge in [-0.15, -0.1) is 0 Å². The van der Waals surface area contributed by atoms with Gasteiger partial charge in [-0.25, -0.2) is 4.98 Å². The van der Waals surface area contributed by atoms with Crippen LogP contribution in [0.25, 0.3) is 33.2 Å². The maximum absolute atomic E-state index is 6.38. The molecular weight excluding hydrogens is 404 g/mol. The van der Waals surface area contributed by atoms with Crippen LogP contribution in [0.5, 0.6) is 0 Å². The largest absolute Gasteiger partial charge is 0.368 e. The van der Waals surface area contributed by atoms with E-state index >= 15 is 0 Å². The lowest BCUT2D eigenvalue weighted by atomic mass is 9.97. The number of hydrogen-bond acceptors (Lipinski definition) is 4. The zero-order valence-electron chi connectivity index (χ0n) is 18.4. The minimum Gasteiger partial charge on any atom is -0.368 e. The summed E-state index contributed by atoms with van der Waals surface area (Å²) in [5.74, 6) is 0.815. The van der Waals surface area contributed by atoms with Crippen LogP contribution in [0.1, 0.15) is 5.56 Å². The highest BCUT2D eigenvalue weighted by molar-refractivity contribution is 5.90. The monoisotopic (exact) mass is 430 g/mol. The molecule has 33 heavy (non-hydrogen) atoms. The molecule has 0 aliphatic rings. The third-order valence-corrected chi connectivity index (χ3v) is 5.80. The summed E-state index contributed by atoms with van der Waals surface area (Å²) >= 11 is 0. The lowest BCUT2D eigenvalue weighted by Crippen LogP contribution is -2.31. The lowest BCUT2D eigenvalue weighted by Gasteiger charge is -2.16. The van der Waals surface area contributed by atoms with E-state index < -0.39 is 0 Å². The van der Waals surface area contributed by atoms with Crippen LogP contribution in [-0.2, 0) is 6.42 Å². The van der Waals surface area contributed by atoms with Crippen LogP contribution in [0.3, 0.4) is 0 Å². The molecule has 1 atom stereocenters. The molecule has 2 heterocycles. The Hall–Kier alpha value is -4.02. The smallest absolute Gasteiger partial charge is 0.126 e. The van der Waals surface area contributed by atoms with Crippen LogP contribution >= 0.6 is 0 Å². The van der Waals surface area contributed by atoms with E-state index in [4.69, 9.17) is 10.7 Å². The summed E-state index contributed by atoms with van der Waals surface area (Å²) in [6, 6.07) is 33.4. The molecule has 1 unspecified atom stereocenters. The van der Waals surface area contributed by atoms with Crippen LogP contribution in [-0.4, -0.2) is 22.6 Å². The first-order chi connectivity index (χ1) is 16.3. The normalized spacial score (nSPS) is 11.9. The molecule has 0 aliphatic carbocycles. The number of rotatable bonds is 7. The highest BCUT2D eigenvalue weighted by Gasteiger charge is 2.12. The van der Waals surface area contributed by atoms with Gasteiger partial charge in [0, 0.05) is 36.1 Å². The first-order valence-corrected chi connectivity index (χ1v) is 11.2. The Bertz CT molecular complexity index is 1350. The second-order valence-corrected chi connectivity index (χ2v) is 8.22. The molecule has 162 valence electrons. The van der Waals surface area contributed by atoms with Crippen LogP contribution in [0, 0.1) is 0 Å². The van der Waals surface area contributed by atoms with Crippen molar-refractivity contribution in [3.05, 3.63) is 115 Å². The van der Waals surface area contributed by atoms with Crippen LogP contribution < -0.4 is 11.1 Å². The molecule has 0 amide bonds. The number of nitrogens with zero attached hydrogens (tertiary/aromatic N) is 2. The first-order valence-electron chi connectivity index (χ1n) is 11.2. The molecule has 3 aromatic carbocycles. The Labute approximate surface area is 194 Å². The summed E-state index contributed by atoms with van der Waals surface area (Å²) in [5.41, 5.74) is 11.8. The molecule has 4 nitrogen and oxygen atoms in total. The van der Waals surface area contributed by atoms with Crippen molar-refractivity contribution < 1.29 is 0 Å². The van der Waals surface area contributed by atoms with E-state index in [1.807, 2.05) is 36.4 Å². The maximum atomic E-state index is 6.38. The summed E-state index contributed by atoms with van der Waals surface area (Å²) in [4.78, 5) is 9.16. The number of nitrogens with one attached hydrogen (secondary N) is 1. The van der Waals surface area contributed by atoms with E-state index in [1.165, 1.54) is 16.3 Å². The molecule has 0 spiro atoms. The van der Waals surface area contributed by atoms with Gasteiger partial charge in [-0.2, -0.15) is 0 Å². The van der Waals surface area contributed by atoms with E-state index in [-0.39, 0.29) is 6.04 Å². The summed E-state index contributed by atoms with van der Waals surface area (Å²) in [6.07, 6.45) is 4.42. The van der Waals surface area contributed by atoms with Crippen molar-refractivity contribution >= 4 is 16.6 Å². The Morgan fingerprint density at radius 2 is 1.48 bits per heavy atom. The van der Waals surface area contributed by atoms with Crippen molar-refractivity contribution in [2.75, 3.05) is 11.9 Å². The van der Waals surface area contributed by atoms with Gasteiger partial charge in [0.05, 0.1) is 5.69 Å². The standard InChI is InChI=1S/C29H26N4/c30-26(18-21-6-2-1-3-7-21)20-32-28-13-12-27(29(33-28)23-14-16-31-17-15-23)25-11-10-22-8-4-5-9-24(22)19-25/h1-17,19,26H,18,20,30H2,(H,32,33). The average molecular weight is 431 g/mol. The highest BCUT2D eigenvalue weighted by Crippen LogP contribution is 2.33. The fourth-order valence-electron chi connectivity index (χ4n) is 4.10. The summed E-state index contributed by atoms with van der Waals surface area (Å²) in [5, 5.41) is 5.87. The average Bonchev–Trinajstić information content (AvgIpc) is 2.88. The van der Waals surface area contributed by atoms with Gasteiger partial charge in [0.15, 0.2) is 0 Å². The summed E-state index contributed by atoms with van der Waals surface area (Å²) in [7, 11) is 0. The zero-order chi connectivity index (χ0) is 22.5. The summed E-state index contributed by atoms with van der Waals surface area (Å²) < 4.78 is 0. The van der Waals surface area contributed by atoms with Gasteiger partial charge in [0.1, 0.15) is 5.82 Å². The Morgan fingerprint density at radius 1 is 0.727 bits per heavy atom. The molecular formula is C29H26N4. The van der Waals surface area contributed by atoms with Crippen LogP contribution in [0.4, 0.5) is 5.82 Å². The minimum atomic E-state index is -0.00117. The van der Waals surface area contributed by atoms with Crippen molar-refractivity contribution in [1.29, 1.82) is 0 Å². The van der Waals surface area contributed by atoms with Gasteiger partial charge in [-0.05, 0) is 58.7 Å². The fourth-order valence-corrected chi connectivity index (χ4v) is 4.10. The topological polar surface area (TPSA) is 63.8 Å². The molecule has 2 aromatic heterocycles. The van der Waals surface area contributed by atoms with Gasteiger partial charge in [0.25, 0.3) is 0 Å². The third-order valence-electron chi connectivity index (χ3n) is 5.80. The number of benzene rings is 3. The van der Waals surface area contributed by atoms with Crippen molar-refractivity contribution in [1.82, 2.24) is 9.97 Å².